The van der Waals surface area contributed by atoms with Crippen LogP contribution in [0.4, 0.5) is 0 Å². The highest BCUT2D eigenvalue weighted by atomic mass is 32.1. The predicted octanol–water partition coefficient (Wildman–Crippen LogP) is -2.17. The van der Waals surface area contributed by atoms with Gasteiger partial charge in [-0.25, -0.2) is 4.79 Å². The molecule has 0 aliphatic heterocycles. The average molecular weight is 477 g/mol. The van der Waals surface area contributed by atoms with Gasteiger partial charge in [-0.3, -0.25) is 19.2 Å². The Hall–Kier alpha value is -2.38. The quantitative estimate of drug-likeness (QED) is 0.0902. The zero-order valence-corrected chi connectivity index (χ0v) is 19.4. The molecule has 0 aromatic heterocycles. The van der Waals surface area contributed by atoms with Gasteiger partial charge in [0.15, 0.2) is 0 Å². The van der Waals surface area contributed by atoms with E-state index in [1.165, 1.54) is 0 Å². The van der Waals surface area contributed by atoms with Crippen LogP contribution < -0.4 is 33.2 Å². The van der Waals surface area contributed by atoms with Crippen molar-refractivity contribution in [3.8, 4) is 0 Å². The number of carbonyl (C=O) groups excluding carboxylic acids is 4. The highest BCUT2D eigenvalue weighted by Gasteiger charge is 2.32. The number of thiol groups is 1. The molecule has 0 saturated heterocycles. The highest BCUT2D eigenvalue weighted by Crippen LogP contribution is 2.10. The van der Waals surface area contributed by atoms with Crippen LogP contribution in [-0.2, 0) is 24.0 Å². The van der Waals surface area contributed by atoms with Crippen LogP contribution in [0.1, 0.15) is 46.0 Å². The molecule has 5 atom stereocenters. The van der Waals surface area contributed by atoms with E-state index in [0.29, 0.717) is 32.2 Å². The summed E-state index contributed by atoms with van der Waals surface area (Å²) in [6.07, 6.45) is 1.72. The first-order chi connectivity index (χ1) is 15.0. The molecule has 0 aliphatic carbocycles. The lowest BCUT2D eigenvalue weighted by Gasteiger charge is -2.27. The molecular formula is C19H36N6O6S. The minimum absolute atomic E-state index is 0.202. The molecule has 0 radical (unpaired) electrons. The van der Waals surface area contributed by atoms with Crippen LogP contribution in [0.25, 0.3) is 0 Å². The Labute approximate surface area is 193 Å². The summed E-state index contributed by atoms with van der Waals surface area (Å²) in [6, 6.07) is -4.62. The van der Waals surface area contributed by atoms with Gasteiger partial charge in [0.25, 0.3) is 0 Å². The summed E-state index contributed by atoms with van der Waals surface area (Å²) in [6.45, 7) is 4.02. The van der Waals surface area contributed by atoms with Crippen LogP contribution in [-0.4, -0.2) is 71.2 Å². The summed E-state index contributed by atoms with van der Waals surface area (Å²) in [4.78, 5) is 60.4. The lowest BCUT2D eigenvalue weighted by molar-refractivity contribution is -0.141. The Morgan fingerprint density at radius 3 is 2.03 bits per heavy atom. The van der Waals surface area contributed by atoms with Crippen molar-refractivity contribution < 1.29 is 29.1 Å². The zero-order valence-electron chi connectivity index (χ0n) is 18.5. The van der Waals surface area contributed by atoms with E-state index in [0.717, 1.165) is 0 Å². The van der Waals surface area contributed by atoms with Gasteiger partial charge in [0.2, 0.25) is 23.6 Å². The van der Waals surface area contributed by atoms with Crippen molar-refractivity contribution in [2.24, 2.45) is 23.1 Å². The summed E-state index contributed by atoms with van der Waals surface area (Å²) < 4.78 is 0. The Morgan fingerprint density at radius 1 is 0.969 bits per heavy atom. The van der Waals surface area contributed by atoms with Crippen molar-refractivity contribution in [3.05, 3.63) is 0 Å². The molecule has 10 N–H and O–H groups in total. The van der Waals surface area contributed by atoms with Gasteiger partial charge in [0.1, 0.15) is 18.1 Å². The fourth-order valence-corrected chi connectivity index (χ4v) is 2.98. The largest absolute Gasteiger partial charge is 0.480 e. The number of carboxylic acid groups (broad SMARTS) is 1. The SMILES string of the molecule is CCC(C)C(NC(=O)C(N)CCCCN)C(=O)NC(CC(N)=O)C(=O)NC(CS)C(=O)O. The van der Waals surface area contributed by atoms with Crippen molar-refractivity contribution in [2.45, 2.75) is 70.1 Å². The number of nitrogens with one attached hydrogen (secondary N) is 3. The number of rotatable bonds is 16. The first-order valence-electron chi connectivity index (χ1n) is 10.5. The number of carboxylic acids is 1. The monoisotopic (exact) mass is 476 g/mol. The molecule has 0 saturated carbocycles. The lowest BCUT2D eigenvalue weighted by Crippen LogP contribution is -2.59. The molecule has 13 heteroatoms. The fraction of sp³-hybridized carbons (Fsp3) is 0.737. The number of aliphatic carboxylic acids is 1. The summed E-state index contributed by atoms with van der Waals surface area (Å²) in [7, 11) is 0. The topological polar surface area (TPSA) is 220 Å². The summed E-state index contributed by atoms with van der Waals surface area (Å²) in [5.41, 5.74) is 16.5. The van der Waals surface area contributed by atoms with Gasteiger partial charge in [0, 0.05) is 5.75 Å². The first kappa shape index (κ1) is 29.6. The van der Waals surface area contributed by atoms with Gasteiger partial charge < -0.3 is 38.3 Å². The van der Waals surface area contributed by atoms with E-state index in [9.17, 15) is 24.0 Å². The average Bonchev–Trinajstić information content (AvgIpc) is 2.73. The number of carbonyl (C=O) groups is 5. The second-order valence-electron chi connectivity index (χ2n) is 7.58. The Morgan fingerprint density at radius 2 is 1.56 bits per heavy atom. The second-order valence-corrected chi connectivity index (χ2v) is 7.94. The normalized spacial score (nSPS) is 15.5. The summed E-state index contributed by atoms with van der Waals surface area (Å²) in [5.74, 6) is -4.89. The van der Waals surface area contributed by atoms with Crippen LogP contribution in [0.2, 0.25) is 0 Å². The molecule has 0 fully saturated rings. The molecule has 0 aromatic carbocycles. The van der Waals surface area contributed by atoms with Gasteiger partial charge in [-0.1, -0.05) is 26.7 Å². The van der Waals surface area contributed by atoms with Gasteiger partial charge in [-0.15, -0.1) is 0 Å². The standard InChI is InChI=1S/C19H36N6O6S/c1-3-10(2)15(25-16(27)11(21)6-4-5-7-20)18(29)23-12(8-14(22)26)17(28)24-13(9-32)19(30)31/h10-13,15,32H,3-9,20-21H2,1-2H3,(H2,22,26)(H,23,29)(H,24,28)(H,25,27)(H,30,31). The third kappa shape index (κ3) is 10.8. The maximum atomic E-state index is 12.9. The number of hydrogen-bond acceptors (Lipinski definition) is 8. The fourth-order valence-electron chi connectivity index (χ4n) is 2.73. The molecule has 0 heterocycles. The molecule has 0 spiro atoms. The number of unbranched alkanes of at least 4 members (excludes halogenated alkanes) is 1. The third-order valence-electron chi connectivity index (χ3n) is 4.93. The maximum Gasteiger partial charge on any atom is 0.327 e. The van der Waals surface area contributed by atoms with Crippen molar-refractivity contribution in [1.29, 1.82) is 0 Å². The molecule has 4 amide bonds. The molecule has 0 bridgehead atoms. The Balaban J connectivity index is 5.40. The predicted molar refractivity (Wildman–Crippen MR) is 121 cm³/mol. The van der Waals surface area contributed by atoms with Crippen molar-refractivity contribution >= 4 is 42.2 Å². The van der Waals surface area contributed by atoms with Gasteiger partial charge >= 0.3 is 5.97 Å². The molecular weight excluding hydrogens is 440 g/mol. The zero-order chi connectivity index (χ0) is 24.8. The third-order valence-corrected chi connectivity index (χ3v) is 5.30. The summed E-state index contributed by atoms with van der Waals surface area (Å²) in [5, 5.41) is 16.3. The van der Waals surface area contributed by atoms with E-state index < -0.39 is 60.2 Å². The maximum absolute atomic E-state index is 12.9. The van der Waals surface area contributed by atoms with E-state index in [2.05, 4.69) is 28.6 Å². The van der Waals surface area contributed by atoms with Gasteiger partial charge in [-0.2, -0.15) is 12.6 Å². The van der Waals surface area contributed by atoms with E-state index in [-0.39, 0.29) is 11.7 Å². The number of nitrogens with two attached hydrogens (primary N) is 3. The molecule has 32 heavy (non-hydrogen) atoms. The Kier molecular flexibility index (Phi) is 14.3. The smallest absolute Gasteiger partial charge is 0.327 e. The van der Waals surface area contributed by atoms with Crippen LogP contribution in [0.3, 0.4) is 0 Å². The van der Waals surface area contributed by atoms with Crippen LogP contribution in [0.5, 0.6) is 0 Å². The van der Waals surface area contributed by atoms with E-state index in [4.69, 9.17) is 22.3 Å². The molecule has 5 unspecified atom stereocenters. The van der Waals surface area contributed by atoms with Crippen LogP contribution in [0, 0.1) is 5.92 Å². The Bertz CT molecular complexity index is 664. The van der Waals surface area contributed by atoms with Crippen LogP contribution >= 0.6 is 12.6 Å². The molecule has 12 nitrogen and oxygen atoms in total. The number of hydrogen-bond donors (Lipinski definition) is 8. The number of amides is 4. The summed E-state index contributed by atoms with van der Waals surface area (Å²) >= 11 is 3.86. The van der Waals surface area contributed by atoms with E-state index in [1.807, 2.05) is 6.92 Å². The lowest BCUT2D eigenvalue weighted by atomic mass is 9.97. The second kappa shape index (κ2) is 15.4. The molecule has 0 aromatic rings. The van der Waals surface area contributed by atoms with Gasteiger partial charge in [-0.05, 0) is 25.3 Å². The molecule has 184 valence electrons. The molecule has 0 rings (SSSR count). The van der Waals surface area contributed by atoms with Crippen molar-refractivity contribution in [1.82, 2.24) is 16.0 Å². The highest BCUT2D eigenvalue weighted by molar-refractivity contribution is 7.80. The first-order valence-corrected chi connectivity index (χ1v) is 11.1. The minimum atomic E-state index is -1.43. The van der Waals surface area contributed by atoms with Crippen LogP contribution in [0.15, 0.2) is 0 Å². The van der Waals surface area contributed by atoms with Crippen molar-refractivity contribution in [3.63, 3.8) is 0 Å². The van der Waals surface area contributed by atoms with E-state index in [1.54, 1.807) is 6.92 Å². The van der Waals surface area contributed by atoms with Gasteiger partial charge in [0.05, 0.1) is 12.5 Å². The van der Waals surface area contributed by atoms with Crippen molar-refractivity contribution in [2.75, 3.05) is 12.3 Å². The number of primary amides is 1. The minimum Gasteiger partial charge on any atom is -0.480 e. The van der Waals surface area contributed by atoms with E-state index >= 15 is 0 Å². The molecule has 0 aliphatic rings.